The van der Waals surface area contributed by atoms with Gasteiger partial charge in [-0.1, -0.05) is 24.3 Å². The molecule has 1 amide bonds. The van der Waals surface area contributed by atoms with Crippen LogP contribution in [-0.2, 0) is 0 Å². The number of hydrogen-bond donors (Lipinski definition) is 1. The molecule has 2 heterocycles. The number of nitrogens with zero attached hydrogens (tertiary/aromatic N) is 2. The molecule has 2 unspecified atom stereocenters. The third-order valence-corrected chi connectivity index (χ3v) is 4.39. The van der Waals surface area contributed by atoms with Crippen LogP contribution in [0.2, 0.25) is 0 Å². The lowest BCUT2D eigenvalue weighted by molar-refractivity contribution is 0.0740. The van der Waals surface area contributed by atoms with E-state index in [9.17, 15) is 4.79 Å². The predicted octanol–water partition coefficient (Wildman–Crippen LogP) is 3.04. The molecule has 1 aromatic carbocycles. The Bertz CT molecular complexity index is 662. The Labute approximate surface area is 125 Å². The molecule has 0 radical (unpaired) electrons. The molecule has 1 aliphatic rings. The van der Waals surface area contributed by atoms with E-state index in [1.54, 1.807) is 0 Å². The van der Waals surface area contributed by atoms with Crippen LogP contribution >= 0.6 is 0 Å². The Morgan fingerprint density at radius 3 is 2.76 bits per heavy atom. The highest BCUT2D eigenvalue weighted by atomic mass is 16.2. The van der Waals surface area contributed by atoms with E-state index in [-0.39, 0.29) is 11.9 Å². The first-order valence-electron chi connectivity index (χ1n) is 7.44. The summed E-state index contributed by atoms with van der Waals surface area (Å²) in [5.41, 5.74) is 4.10. The zero-order valence-electron chi connectivity index (χ0n) is 12.8. The van der Waals surface area contributed by atoms with Crippen molar-refractivity contribution in [3.63, 3.8) is 0 Å². The Morgan fingerprint density at radius 1 is 1.33 bits per heavy atom. The van der Waals surface area contributed by atoms with E-state index in [1.807, 2.05) is 17.9 Å². The lowest BCUT2D eigenvalue weighted by Gasteiger charge is -2.20. The lowest BCUT2D eigenvalue weighted by atomic mass is 9.93. The van der Waals surface area contributed by atoms with Gasteiger partial charge in [0.2, 0.25) is 0 Å². The molecule has 0 spiro atoms. The average Bonchev–Trinajstić information content (AvgIpc) is 3.05. The van der Waals surface area contributed by atoms with Crippen LogP contribution in [0.15, 0.2) is 30.3 Å². The van der Waals surface area contributed by atoms with E-state index < -0.39 is 0 Å². The molecule has 21 heavy (non-hydrogen) atoms. The largest absolute Gasteiger partial charge is 0.334 e. The van der Waals surface area contributed by atoms with Gasteiger partial charge in [-0.25, -0.2) is 0 Å². The fourth-order valence-corrected chi connectivity index (χ4v) is 3.26. The molecule has 1 saturated heterocycles. The van der Waals surface area contributed by atoms with Crippen molar-refractivity contribution in [2.24, 2.45) is 0 Å². The molecule has 0 aliphatic carbocycles. The number of aromatic nitrogens is 2. The Morgan fingerprint density at radius 2 is 2.10 bits per heavy atom. The summed E-state index contributed by atoms with van der Waals surface area (Å²) in [6, 6.07) is 10.5. The molecule has 4 nitrogen and oxygen atoms in total. The Kier molecular flexibility index (Phi) is 3.53. The van der Waals surface area contributed by atoms with E-state index in [2.05, 4.69) is 48.3 Å². The van der Waals surface area contributed by atoms with Crippen LogP contribution in [-0.4, -0.2) is 33.6 Å². The van der Waals surface area contributed by atoms with Crippen LogP contribution in [0.25, 0.3) is 0 Å². The lowest BCUT2D eigenvalue weighted by Crippen LogP contribution is -2.34. The predicted molar refractivity (Wildman–Crippen MR) is 82.4 cm³/mol. The van der Waals surface area contributed by atoms with Crippen molar-refractivity contribution < 1.29 is 4.79 Å². The molecule has 2 atom stereocenters. The Balaban J connectivity index is 1.80. The third-order valence-electron chi connectivity index (χ3n) is 4.39. The summed E-state index contributed by atoms with van der Waals surface area (Å²) >= 11 is 0. The van der Waals surface area contributed by atoms with Crippen molar-refractivity contribution in [1.29, 1.82) is 0 Å². The highest BCUT2D eigenvalue weighted by Crippen LogP contribution is 2.33. The number of hydrogen-bond acceptors (Lipinski definition) is 2. The van der Waals surface area contributed by atoms with Gasteiger partial charge in [0.05, 0.1) is 0 Å². The number of aromatic amines is 1. The first-order chi connectivity index (χ1) is 10.1. The molecule has 0 saturated carbocycles. The van der Waals surface area contributed by atoms with Crippen LogP contribution in [0.3, 0.4) is 0 Å². The number of H-pyrrole nitrogens is 1. The molecule has 110 valence electrons. The molecule has 0 bridgehead atoms. The quantitative estimate of drug-likeness (QED) is 0.921. The van der Waals surface area contributed by atoms with Gasteiger partial charge in [0.1, 0.15) is 5.69 Å². The summed E-state index contributed by atoms with van der Waals surface area (Å²) in [5.74, 6) is 0.452. The van der Waals surface area contributed by atoms with E-state index in [1.165, 1.54) is 11.1 Å². The van der Waals surface area contributed by atoms with Crippen LogP contribution in [0, 0.1) is 13.8 Å². The number of aryl methyl sites for hydroxylation is 2. The topological polar surface area (TPSA) is 49.0 Å². The number of carbonyl (C=O) groups excluding carboxylic acids is 1. The van der Waals surface area contributed by atoms with Crippen molar-refractivity contribution in [3.05, 3.63) is 52.8 Å². The maximum Gasteiger partial charge on any atom is 0.274 e. The summed E-state index contributed by atoms with van der Waals surface area (Å²) in [4.78, 5) is 14.5. The second kappa shape index (κ2) is 5.35. The Hall–Kier alpha value is -2.10. The summed E-state index contributed by atoms with van der Waals surface area (Å²) in [5, 5.41) is 6.94. The molecule has 1 N–H and O–H groups in total. The van der Waals surface area contributed by atoms with Gasteiger partial charge in [-0.15, -0.1) is 0 Å². The van der Waals surface area contributed by atoms with E-state index >= 15 is 0 Å². The molecule has 1 aromatic heterocycles. The van der Waals surface area contributed by atoms with Gasteiger partial charge in [-0.05, 0) is 44.4 Å². The number of carbonyl (C=O) groups is 1. The van der Waals surface area contributed by atoms with Crippen molar-refractivity contribution in [3.8, 4) is 0 Å². The van der Waals surface area contributed by atoms with Crippen LogP contribution < -0.4 is 0 Å². The number of amides is 1. The van der Waals surface area contributed by atoms with Gasteiger partial charge in [-0.3, -0.25) is 9.89 Å². The van der Waals surface area contributed by atoms with E-state index in [0.717, 1.165) is 18.7 Å². The maximum atomic E-state index is 12.6. The molecule has 2 aromatic rings. The fraction of sp³-hybridized carbons (Fsp3) is 0.412. The van der Waals surface area contributed by atoms with Gasteiger partial charge in [0.15, 0.2) is 0 Å². The van der Waals surface area contributed by atoms with Crippen molar-refractivity contribution in [2.75, 3.05) is 6.54 Å². The zero-order chi connectivity index (χ0) is 15.0. The van der Waals surface area contributed by atoms with Crippen molar-refractivity contribution >= 4 is 5.91 Å². The van der Waals surface area contributed by atoms with Crippen LogP contribution in [0.4, 0.5) is 0 Å². The average molecular weight is 283 g/mol. The molecule has 1 aliphatic heterocycles. The van der Waals surface area contributed by atoms with Gasteiger partial charge >= 0.3 is 0 Å². The summed E-state index contributed by atoms with van der Waals surface area (Å²) < 4.78 is 0. The fourth-order valence-electron chi connectivity index (χ4n) is 3.26. The zero-order valence-corrected chi connectivity index (χ0v) is 12.8. The minimum Gasteiger partial charge on any atom is -0.334 e. The number of rotatable bonds is 2. The van der Waals surface area contributed by atoms with Crippen LogP contribution in [0.5, 0.6) is 0 Å². The first kappa shape index (κ1) is 13.9. The minimum absolute atomic E-state index is 0.0305. The second-order valence-corrected chi connectivity index (χ2v) is 6.03. The highest BCUT2D eigenvalue weighted by molar-refractivity contribution is 5.92. The molecular weight excluding hydrogens is 262 g/mol. The normalized spacial score (nSPS) is 21.8. The monoisotopic (exact) mass is 283 g/mol. The van der Waals surface area contributed by atoms with Gasteiger partial charge in [0, 0.05) is 24.2 Å². The summed E-state index contributed by atoms with van der Waals surface area (Å²) in [6.07, 6.45) is 1.01. The minimum atomic E-state index is 0.0305. The van der Waals surface area contributed by atoms with Gasteiger partial charge < -0.3 is 4.90 Å². The summed E-state index contributed by atoms with van der Waals surface area (Å²) in [7, 11) is 0. The van der Waals surface area contributed by atoms with Gasteiger partial charge in [0.25, 0.3) is 5.91 Å². The summed E-state index contributed by atoms with van der Waals surface area (Å²) in [6.45, 7) is 6.95. The van der Waals surface area contributed by atoms with Crippen molar-refractivity contribution in [1.82, 2.24) is 15.1 Å². The third kappa shape index (κ3) is 2.58. The maximum absolute atomic E-state index is 12.6. The smallest absolute Gasteiger partial charge is 0.274 e. The number of likely N-dealkylation sites (tertiary alicyclic amines) is 1. The molecule has 3 rings (SSSR count). The van der Waals surface area contributed by atoms with E-state index in [0.29, 0.717) is 11.6 Å². The molecule has 4 heteroatoms. The standard InChI is InChI=1S/C17H21N3O/c1-11-6-4-5-7-15(11)14-9-13(3)20(10-14)17(21)16-8-12(2)18-19-16/h4-8,13-14H,9-10H2,1-3H3,(H,18,19). The van der Waals surface area contributed by atoms with E-state index in [4.69, 9.17) is 0 Å². The second-order valence-electron chi connectivity index (χ2n) is 6.03. The number of benzene rings is 1. The van der Waals surface area contributed by atoms with Gasteiger partial charge in [-0.2, -0.15) is 5.10 Å². The molecular formula is C17H21N3O. The molecule has 1 fully saturated rings. The highest BCUT2D eigenvalue weighted by Gasteiger charge is 2.34. The van der Waals surface area contributed by atoms with Crippen LogP contribution in [0.1, 0.15) is 46.6 Å². The SMILES string of the molecule is Cc1cc(C(=O)N2CC(c3ccccc3C)CC2C)n[nH]1. The number of nitrogens with one attached hydrogen (secondary N) is 1. The van der Waals surface area contributed by atoms with Crippen molar-refractivity contribution in [2.45, 2.75) is 39.2 Å². The first-order valence-corrected chi connectivity index (χ1v) is 7.44.